The van der Waals surface area contributed by atoms with E-state index in [9.17, 15) is 80.5 Å². The molecule has 4 fully saturated rings. The second-order valence-corrected chi connectivity index (χ2v) is 20.0. The van der Waals surface area contributed by atoms with Crippen LogP contribution in [0.4, 0.5) is 0 Å². The molecule has 6 aliphatic rings. The summed E-state index contributed by atoms with van der Waals surface area (Å²) in [5, 5.41) is 123. The number of aliphatic hydroxyl groups is 12. The lowest BCUT2D eigenvalue weighted by molar-refractivity contribution is -0.327. The quantitative estimate of drug-likeness (QED) is 0.0311. The molecule has 1 aliphatic carbocycles. The SMILES string of the molecule is C/C=C1/[C@H](O[C@@H]2O[C@H](CO)[C@@H](O)[C@H](O)[C@H]2O)OC=C(C(=O)OC)[C@H]1CC(=O)OC[C@@H]1[C@@H](C)[C@@H](OC(=O)C[C@@H]2C(C(=O)OC)=CO[C@@H](O[C@@H]3O[C@H](CO)[C@@H](O)[C@H](O)[C@H]3O)/C2=C/C)C[C@H]1[C@H](C)CO[C@@H]1O[C@H](CO)[C@@H](O)[C@H](O)[C@H]1O. The van der Waals surface area contributed by atoms with Crippen molar-refractivity contribution in [2.75, 3.05) is 47.3 Å². The first-order valence-electron chi connectivity index (χ1n) is 25.5. The van der Waals surface area contributed by atoms with E-state index >= 15 is 0 Å². The molecule has 442 valence electrons. The van der Waals surface area contributed by atoms with E-state index in [0.29, 0.717) is 0 Å². The number of esters is 4. The molecule has 5 heterocycles. The van der Waals surface area contributed by atoms with Gasteiger partial charge in [-0.15, -0.1) is 0 Å². The molecule has 0 spiro atoms. The standard InChI is InChI=1S/C50H74O28/c1-7-21-24(27(44(65)67-5)17-71-46(21)77-49-42(63)39(60)36(57)31(13-52)75-49)10-33(54)69-16-26-20(4)29(9-23(26)19(3)15-70-48-41(62)38(59)35(56)30(12-51)74-48)73-34(55)11-25-22(8-2)47(72-18-28(25)45(66)68-6)78-50-43(64)40(61)37(58)32(14-53)76-50/h7-8,17-20,23-26,29-32,35-43,46-53,56-64H,9-16H2,1-6H3/b21-7+,22-8+/t19-,20-,23+,24+,25+,26-,29+,30-,31-,32-,35-,36-,37-,38+,39+,40+,41-,42-,43-,46+,47+,48-,49+,50+/m1/s1. The van der Waals surface area contributed by atoms with Gasteiger partial charge in [0.1, 0.15) is 79.4 Å². The first-order chi connectivity index (χ1) is 37.1. The molecule has 3 saturated heterocycles. The second-order valence-electron chi connectivity index (χ2n) is 20.0. The molecular weight excluding hydrogens is 1050 g/mol. The maximum absolute atomic E-state index is 14.2. The minimum atomic E-state index is -1.82. The van der Waals surface area contributed by atoms with Crippen molar-refractivity contribution >= 4 is 23.9 Å². The summed E-state index contributed by atoms with van der Waals surface area (Å²) in [6.07, 6.45) is -24.3. The minimum Gasteiger partial charge on any atom is -0.468 e. The number of carbonyl (C=O) groups is 4. The average molecular weight is 1120 g/mol. The Kier molecular flexibility index (Phi) is 22.5. The Balaban J connectivity index is 1.20. The van der Waals surface area contributed by atoms with E-state index in [0.717, 1.165) is 26.7 Å². The van der Waals surface area contributed by atoms with E-state index in [1.807, 2.05) is 0 Å². The number of ether oxygens (including phenoxy) is 12. The average Bonchev–Trinajstić information content (AvgIpc) is 3.78. The minimum absolute atomic E-state index is 0.121. The predicted molar refractivity (Wildman–Crippen MR) is 254 cm³/mol. The topological polar surface area (TPSA) is 422 Å². The van der Waals surface area contributed by atoms with Crippen LogP contribution in [0.1, 0.15) is 47.0 Å². The Bertz CT molecular complexity index is 2160. The van der Waals surface area contributed by atoms with Gasteiger partial charge in [-0.05, 0) is 38.0 Å². The van der Waals surface area contributed by atoms with Crippen LogP contribution in [-0.4, -0.2) is 243 Å². The van der Waals surface area contributed by atoms with Crippen LogP contribution >= 0.6 is 0 Å². The van der Waals surface area contributed by atoms with Crippen molar-refractivity contribution in [3.63, 3.8) is 0 Å². The molecule has 12 N–H and O–H groups in total. The highest BCUT2D eigenvalue weighted by molar-refractivity contribution is 5.91. The largest absolute Gasteiger partial charge is 0.468 e. The molecule has 0 aromatic rings. The smallest absolute Gasteiger partial charge is 0.337 e. The van der Waals surface area contributed by atoms with Gasteiger partial charge in [0, 0.05) is 28.9 Å². The zero-order valence-corrected chi connectivity index (χ0v) is 43.7. The molecule has 0 aromatic carbocycles. The van der Waals surface area contributed by atoms with Crippen molar-refractivity contribution in [1.82, 2.24) is 0 Å². The van der Waals surface area contributed by atoms with Crippen LogP contribution in [0.25, 0.3) is 0 Å². The zero-order chi connectivity index (χ0) is 57.4. The molecule has 0 radical (unpaired) electrons. The molecule has 78 heavy (non-hydrogen) atoms. The fourth-order valence-corrected chi connectivity index (χ4v) is 10.6. The monoisotopic (exact) mass is 1120 g/mol. The lowest BCUT2D eigenvalue weighted by Crippen LogP contribution is -2.60. The van der Waals surface area contributed by atoms with Crippen molar-refractivity contribution < 1.29 is 137 Å². The number of allylic oxidation sites excluding steroid dienone is 2. The summed E-state index contributed by atoms with van der Waals surface area (Å²) in [4.78, 5) is 54.4. The molecule has 0 amide bonds. The van der Waals surface area contributed by atoms with Crippen LogP contribution in [0, 0.1) is 35.5 Å². The van der Waals surface area contributed by atoms with Crippen molar-refractivity contribution in [3.8, 4) is 0 Å². The molecule has 0 aromatic heterocycles. The Morgan fingerprint density at radius 3 is 1.44 bits per heavy atom. The van der Waals surface area contributed by atoms with Crippen molar-refractivity contribution in [2.45, 2.75) is 158 Å². The highest BCUT2D eigenvalue weighted by Gasteiger charge is 2.51. The summed E-state index contributed by atoms with van der Waals surface area (Å²) >= 11 is 0. The van der Waals surface area contributed by atoms with Gasteiger partial charge in [0.25, 0.3) is 0 Å². The van der Waals surface area contributed by atoms with E-state index in [1.165, 1.54) is 12.2 Å². The summed E-state index contributed by atoms with van der Waals surface area (Å²) in [5.74, 6) is -7.95. The zero-order valence-electron chi connectivity index (χ0n) is 43.7. The molecule has 5 aliphatic heterocycles. The first-order valence-corrected chi connectivity index (χ1v) is 25.5. The van der Waals surface area contributed by atoms with Gasteiger partial charge in [-0.25, -0.2) is 9.59 Å². The molecular formula is C50H74O28. The van der Waals surface area contributed by atoms with Gasteiger partial charge in [0.2, 0.25) is 12.6 Å². The van der Waals surface area contributed by atoms with Crippen LogP contribution in [-0.2, 0) is 76.0 Å². The normalized spacial score (nSPS) is 41.4. The summed E-state index contributed by atoms with van der Waals surface area (Å²) in [6, 6.07) is 0. The maximum Gasteiger partial charge on any atom is 0.337 e. The maximum atomic E-state index is 14.2. The Hall–Kier alpha value is -4.28. The summed E-state index contributed by atoms with van der Waals surface area (Å²) < 4.78 is 67.6. The third-order valence-electron chi connectivity index (χ3n) is 15.3. The fourth-order valence-electron chi connectivity index (χ4n) is 10.6. The number of aliphatic hydroxyl groups excluding tert-OH is 12. The van der Waals surface area contributed by atoms with E-state index in [2.05, 4.69) is 0 Å². The van der Waals surface area contributed by atoms with Crippen molar-refractivity contribution in [1.29, 1.82) is 0 Å². The Morgan fingerprint density at radius 2 is 1.03 bits per heavy atom. The van der Waals surface area contributed by atoms with Gasteiger partial charge in [0.15, 0.2) is 18.9 Å². The van der Waals surface area contributed by atoms with Crippen LogP contribution < -0.4 is 0 Å². The third kappa shape index (κ3) is 13.7. The molecule has 28 heteroatoms. The number of rotatable bonds is 20. The van der Waals surface area contributed by atoms with E-state index in [4.69, 9.17) is 56.8 Å². The third-order valence-corrected chi connectivity index (χ3v) is 15.3. The van der Waals surface area contributed by atoms with Gasteiger partial charge in [0.05, 0.1) is 83.8 Å². The fraction of sp³-hybridized carbons (Fsp3) is 0.760. The van der Waals surface area contributed by atoms with Crippen LogP contribution in [0.5, 0.6) is 0 Å². The van der Waals surface area contributed by atoms with E-state index in [-0.39, 0.29) is 41.9 Å². The van der Waals surface area contributed by atoms with Crippen molar-refractivity contribution in [2.24, 2.45) is 35.5 Å². The first kappa shape index (κ1) is 62.9. The molecule has 0 unspecified atom stereocenters. The molecule has 6 rings (SSSR count). The van der Waals surface area contributed by atoms with Gasteiger partial charge < -0.3 is 118 Å². The van der Waals surface area contributed by atoms with Crippen molar-refractivity contribution in [3.05, 3.63) is 47.0 Å². The Morgan fingerprint density at radius 1 is 0.615 bits per heavy atom. The summed E-state index contributed by atoms with van der Waals surface area (Å²) in [7, 11) is 2.21. The predicted octanol–water partition coefficient (Wildman–Crippen LogP) is -4.47. The van der Waals surface area contributed by atoms with Gasteiger partial charge in [-0.2, -0.15) is 0 Å². The molecule has 0 bridgehead atoms. The molecule has 24 atom stereocenters. The highest BCUT2D eigenvalue weighted by Crippen LogP contribution is 2.45. The summed E-state index contributed by atoms with van der Waals surface area (Å²) in [5.41, 5.74) is 0.0691. The molecule has 28 nitrogen and oxygen atoms in total. The second kappa shape index (κ2) is 27.9. The highest BCUT2D eigenvalue weighted by atomic mass is 16.8. The number of carbonyl (C=O) groups excluding carboxylic acids is 4. The summed E-state index contributed by atoms with van der Waals surface area (Å²) in [6.45, 7) is 3.89. The van der Waals surface area contributed by atoms with Gasteiger partial charge in [-0.1, -0.05) is 26.0 Å². The van der Waals surface area contributed by atoms with E-state index in [1.54, 1.807) is 27.7 Å². The number of methoxy groups -OCH3 is 2. The van der Waals surface area contributed by atoms with Gasteiger partial charge in [-0.3, -0.25) is 9.59 Å². The van der Waals surface area contributed by atoms with E-state index < -0.39 is 203 Å². The van der Waals surface area contributed by atoms with Crippen LogP contribution in [0.3, 0.4) is 0 Å². The lowest BCUT2D eigenvalue weighted by Gasteiger charge is -2.42. The van der Waals surface area contributed by atoms with Crippen LogP contribution in [0.2, 0.25) is 0 Å². The Labute approximate surface area is 447 Å². The molecule has 1 saturated carbocycles. The lowest BCUT2D eigenvalue weighted by atomic mass is 9.83. The number of hydrogen-bond acceptors (Lipinski definition) is 28. The van der Waals surface area contributed by atoms with Gasteiger partial charge >= 0.3 is 23.9 Å². The van der Waals surface area contributed by atoms with Crippen LogP contribution in [0.15, 0.2) is 47.0 Å². The number of hydrogen-bond donors (Lipinski definition) is 12.